The van der Waals surface area contributed by atoms with E-state index < -0.39 is 5.97 Å². The molecule has 19 heavy (non-hydrogen) atoms. The van der Waals surface area contributed by atoms with Crippen molar-refractivity contribution in [1.29, 1.82) is 0 Å². The molecule has 1 aliphatic carbocycles. The quantitative estimate of drug-likeness (QED) is 0.849. The molecule has 1 aliphatic heterocycles. The van der Waals surface area contributed by atoms with Gasteiger partial charge in [-0.1, -0.05) is 13.8 Å². The lowest BCUT2D eigenvalue weighted by molar-refractivity contribution is -0.137. The van der Waals surface area contributed by atoms with Gasteiger partial charge in [0.25, 0.3) is 0 Å². The number of rotatable bonds is 4. The van der Waals surface area contributed by atoms with Gasteiger partial charge in [0.15, 0.2) is 0 Å². The summed E-state index contributed by atoms with van der Waals surface area (Å²) >= 11 is 0. The molecule has 1 N–H and O–H groups in total. The van der Waals surface area contributed by atoms with Gasteiger partial charge in [0.2, 0.25) is 0 Å². The summed E-state index contributed by atoms with van der Waals surface area (Å²) in [6.45, 7) is 7.17. The van der Waals surface area contributed by atoms with Crippen LogP contribution >= 0.6 is 0 Å². The minimum atomic E-state index is -0.641. The second kappa shape index (κ2) is 6.74. The number of hydrogen-bond donors (Lipinski definition) is 1. The summed E-state index contributed by atoms with van der Waals surface area (Å²) in [5.41, 5.74) is 0. The van der Waals surface area contributed by atoms with Crippen LogP contribution in [-0.4, -0.2) is 35.1 Å². The van der Waals surface area contributed by atoms with Gasteiger partial charge in [-0.2, -0.15) is 0 Å². The van der Waals surface area contributed by atoms with Crippen molar-refractivity contribution in [3.05, 3.63) is 0 Å². The first-order valence-electron chi connectivity index (χ1n) is 8.02. The first-order valence-corrected chi connectivity index (χ1v) is 8.02. The van der Waals surface area contributed by atoms with Crippen LogP contribution in [0.1, 0.15) is 58.8 Å². The molecule has 1 heterocycles. The molecule has 2 rings (SSSR count). The Morgan fingerprint density at radius 2 is 1.84 bits per heavy atom. The molecule has 0 radical (unpaired) electrons. The molecule has 110 valence electrons. The zero-order valence-corrected chi connectivity index (χ0v) is 12.5. The van der Waals surface area contributed by atoms with Crippen LogP contribution in [0.3, 0.4) is 0 Å². The molecule has 0 amide bonds. The smallest absolute Gasteiger partial charge is 0.303 e. The monoisotopic (exact) mass is 267 g/mol. The Morgan fingerprint density at radius 1 is 1.16 bits per heavy atom. The van der Waals surface area contributed by atoms with Crippen molar-refractivity contribution in [3.63, 3.8) is 0 Å². The third-order valence-corrected chi connectivity index (χ3v) is 5.27. The normalized spacial score (nSPS) is 34.3. The predicted octanol–water partition coefficient (Wildman–Crippen LogP) is 3.39. The number of carboxylic acid groups (broad SMARTS) is 1. The molecule has 3 atom stereocenters. The largest absolute Gasteiger partial charge is 0.481 e. The molecular formula is C16H29NO2. The molecule has 0 aromatic rings. The van der Waals surface area contributed by atoms with E-state index in [-0.39, 0.29) is 0 Å². The summed E-state index contributed by atoms with van der Waals surface area (Å²) in [4.78, 5) is 13.3. The zero-order valence-electron chi connectivity index (χ0n) is 12.5. The predicted molar refractivity (Wildman–Crippen MR) is 77.1 cm³/mol. The van der Waals surface area contributed by atoms with Crippen molar-refractivity contribution in [2.45, 2.75) is 64.8 Å². The molecule has 1 saturated carbocycles. The van der Waals surface area contributed by atoms with E-state index >= 15 is 0 Å². The summed E-state index contributed by atoms with van der Waals surface area (Å²) in [5.74, 6) is 1.74. The van der Waals surface area contributed by atoms with E-state index in [1.54, 1.807) is 0 Å². The minimum Gasteiger partial charge on any atom is -0.481 e. The molecule has 0 bridgehead atoms. The number of piperidine rings is 1. The summed E-state index contributed by atoms with van der Waals surface area (Å²) in [5, 5.41) is 8.75. The molecule has 0 aromatic heterocycles. The number of hydrogen-bond acceptors (Lipinski definition) is 2. The Morgan fingerprint density at radius 3 is 2.42 bits per heavy atom. The van der Waals surface area contributed by atoms with Crippen molar-refractivity contribution < 1.29 is 9.90 Å². The van der Waals surface area contributed by atoms with E-state index in [4.69, 9.17) is 5.11 Å². The van der Waals surface area contributed by atoms with Crippen LogP contribution in [0.15, 0.2) is 0 Å². The third kappa shape index (κ3) is 4.20. The van der Waals surface area contributed by atoms with Gasteiger partial charge in [-0.15, -0.1) is 0 Å². The van der Waals surface area contributed by atoms with E-state index in [0.717, 1.165) is 24.3 Å². The van der Waals surface area contributed by atoms with E-state index in [1.807, 2.05) is 0 Å². The molecule has 0 aromatic carbocycles. The fraction of sp³-hybridized carbons (Fsp3) is 0.938. The van der Waals surface area contributed by atoms with Gasteiger partial charge in [-0.25, -0.2) is 0 Å². The lowest BCUT2D eigenvalue weighted by Crippen LogP contribution is -2.46. The maximum absolute atomic E-state index is 10.6. The van der Waals surface area contributed by atoms with E-state index in [1.165, 1.54) is 45.2 Å². The Labute approximate surface area is 117 Å². The molecule has 3 nitrogen and oxygen atoms in total. The second-order valence-corrected chi connectivity index (χ2v) is 6.87. The lowest BCUT2D eigenvalue weighted by atomic mass is 9.78. The third-order valence-electron chi connectivity index (χ3n) is 5.27. The van der Waals surface area contributed by atoms with Crippen LogP contribution < -0.4 is 0 Å². The van der Waals surface area contributed by atoms with Crippen molar-refractivity contribution in [2.24, 2.45) is 17.8 Å². The number of carbonyl (C=O) groups is 1. The minimum absolute atomic E-state index is 0.349. The van der Waals surface area contributed by atoms with Gasteiger partial charge in [0.05, 0.1) is 0 Å². The molecule has 0 spiro atoms. The van der Waals surface area contributed by atoms with Gasteiger partial charge >= 0.3 is 5.97 Å². The summed E-state index contributed by atoms with van der Waals surface area (Å²) in [6, 6.07) is 0.789. The summed E-state index contributed by atoms with van der Waals surface area (Å²) in [7, 11) is 0. The first-order chi connectivity index (χ1) is 9.06. The van der Waals surface area contributed by atoms with E-state index in [2.05, 4.69) is 18.7 Å². The van der Waals surface area contributed by atoms with E-state index in [0.29, 0.717) is 12.3 Å². The van der Waals surface area contributed by atoms with Crippen LogP contribution in [0.25, 0.3) is 0 Å². The maximum Gasteiger partial charge on any atom is 0.303 e. The van der Waals surface area contributed by atoms with Crippen LogP contribution in [0, 0.1) is 17.8 Å². The molecule has 3 unspecified atom stereocenters. The van der Waals surface area contributed by atoms with Crippen molar-refractivity contribution >= 4 is 5.97 Å². The maximum atomic E-state index is 10.6. The Bertz CT molecular complexity index is 297. The SMILES string of the molecule is CC1CCC(N2CCC(CCC(=O)O)CC2)C(C)C1. The highest BCUT2D eigenvalue weighted by Gasteiger charge is 2.32. The Hall–Kier alpha value is -0.570. The highest BCUT2D eigenvalue weighted by molar-refractivity contribution is 5.66. The summed E-state index contributed by atoms with van der Waals surface area (Å²) < 4.78 is 0. The highest BCUT2D eigenvalue weighted by atomic mass is 16.4. The molecule has 1 saturated heterocycles. The van der Waals surface area contributed by atoms with Crippen LogP contribution in [0.4, 0.5) is 0 Å². The summed E-state index contributed by atoms with van der Waals surface area (Å²) in [6.07, 6.45) is 7.75. The van der Waals surface area contributed by atoms with Crippen molar-refractivity contribution in [3.8, 4) is 0 Å². The number of nitrogens with zero attached hydrogens (tertiary/aromatic N) is 1. The van der Waals surface area contributed by atoms with Gasteiger partial charge in [0.1, 0.15) is 0 Å². The van der Waals surface area contributed by atoms with Crippen LogP contribution in [0.2, 0.25) is 0 Å². The standard InChI is InChI=1S/C16H29NO2/c1-12-3-5-15(13(2)11-12)17-9-7-14(8-10-17)4-6-16(18)19/h12-15H,3-11H2,1-2H3,(H,18,19). The molecular weight excluding hydrogens is 238 g/mol. The van der Waals surface area contributed by atoms with Gasteiger partial charge < -0.3 is 10.0 Å². The Kier molecular flexibility index (Phi) is 5.26. The fourth-order valence-electron chi connectivity index (χ4n) is 4.09. The molecule has 2 aliphatic rings. The Balaban J connectivity index is 1.75. The fourth-order valence-corrected chi connectivity index (χ4v) is 4.09. The zero-order chi connectivity index (χ0) is 13.8. The number of carboxylic acids is 1. The van der Waals surface area contributed by atoms with Crippen molar-refractivity contribution in [1.82, 2.24) is 4.90 Å². The molecule has 3 heteroatoms. The lowest BCUT2D eigenvalue weighted by Gasteiger charge is -2.43. The van der Waals surface area contributed by atoms with Gasteiger partial charge in [-0.05, 0) is 69.4 Å². The number of aliphatic carboxylic acids is 1. The first kappa shape index (κ1) is 14.8. The van der Waals surface area contributed by atoms with E-state index in [9.17, 15) is 4.79 Å². The second-order valence-electron chi connectivity index (χ2n) is 6.87. The highest BCUT2D eigenvalue weighted by Crippen LogP contribution is 2.34. The average Bonchev–Trinajstić information content (AvgIpc) is 2.37. The van der Waals surface area contributed by atoms with Gasteiger partial charge in [-0.3, -0.25) is 4.79 Å². The van der Waals surface area contributed by atoms with Crippen LogP contribution in [-0.2, 0) is 4.79 Å². The topological polar surface area (TPSA) is 40.5 Å². The van der Waals surface area contributed by atoms with Gasteiger partial charge in [0, 0.05) is 12.5 Å². The van der Waals surface area contributed by atoms with Crippen LogP contribution in [0.5, 0.6) is 0 Å². The number of likely N-dealkylation sites (tertiary alicyclic amines) is 1. The van der Waals surface area contributed by atoms with Crippen molar-refractivity contribution in [2.75, 3.05) is 13.1 Å². The molecule has 2 fully saturated rings. The average molecular weight is 267 g/mol.